The average molecular weight is 213 g/mol. The number of hydrogen-bond acceptors (Lipinski definition) is 1. The number of unbranched alkanes of at least 4 members (excludes halogenated alkanes) is 1. The van der Waals surface area contributed by atoms with Crippen LogP contribution in [0.25, 0.3) is 0 Å². The largest absolute Gasteiger partial charge is 0.316 e. The van der Waals surface area contributed by atoms with Crippen LogP contribution in [0, 0.1) is 11.3 Å². The molecule has 1 nitrogen and oxygen atoms in total. The van der Waals surface area contributed by atoms with Gasteiger partial charge in [0, 0.05) is 6.04 Å². The lowest BCUT2D eigenvalue weighted by Gasteiger charge is -2.33. The van der Waals surface area contributed by atoms with Crippen molar-refractivity contribution in [1.29, 1.82) is 0 Å². The minimum atomic E-state index is 0.383. The van der Waals surface area contributed by atoms with Crippen LogP contribution in [0.4, 0.5) is 0 Å². The number of nitrogens with one attached hydrogen (secondary N) is 1. The lowest BCUT2D eigenvalue weighted by molar-refractivity contribution is 0.226. The zero-order valence-electron chi connectivity index (χ0n) is 11.7. The molecular formula is C14H31N. The predicted molar refractivity (Wildman–Crippen MR) is 70.2 cm³/mol. The van der Waals surface area contributed by atoms with Crippen LogP contribution in [0.15, 0.2) is 0 Å². The molecule has 0 fully saturated rings. The molecule has 1 heteroatoms. The Morgan fingerprint density at radius 2 is 1.73 bits per heavy atom. The first kappa shape index (κ1) is 15.0. The Morgan fingerprint density at radius 1 is 1.13 bits per heavy atom. The van der Waals surface area contributed by atoms with E-state index >= 15 is 0 Å². The van der Waals surface area contributed by atoms with E-state index in [2.05, 4.69) is 47.0 Å². The lowest BCUT2D eigenvalue weighted by atomic mass is 9.79. The van der Waals surface area contributed by atoms with Crippen LogP contribution in [0.2, 0.25) is 0 Å². The lowest BCUT2D eigenvalue weighted by Crippen LogP contribution is -2.39. The highest BCUT2D eigenvalue weighted by Gasteiger charge is 2.25. The van der Waals surface area contributed by atoms with Gasteiger partial charge in [-0.15, -0.1) is 0 Å². The maximum Gasteiger partial charge on any atom is 0.0115 e. The summed E-state index contributed by atoms with van der Waals surface area (Å²) in [6.07, 6.45) is 6.78. The van der Waals surface area contributed by atoms with Crippen molar-refractivity contribution < 1.29 is 0 Å². The Labute approximate surface area is 97.0 Å². The van der Waals surface area contributed by atoms with Crippen LogP contribution in [-0.2, 0) is 0 Å². The number of hydrogen-bond donors (Lipinski definition) is 1. The second-order valence-corrected chi connectivity index (χ2v) is 5.86. The summed E-state index contributed by atoms with van der Waals surface area (Å²) in [5.41, 5.74) is 0.383. The van der Waals surface area contributed by atoms with Crippen LogP contribution in [0.1, 0.15) is 66.7 Å². The van der Waals surface area contributed by atoms with Gasteiger partial charge in [0.25, 0.3) is 0 Å². The van der Waals surface area contributed by atoms with Gasteiger partial charge in [0.1, 0.15) is 0 Å². The molecule has 0 aromatic rings. The molecule has 0 aliphatic rings. The first-order valence-electron chi connectivity index (χ1n) is 6.62. The highest BCUT2D eigenvalue weighted by molar-refractivity contribution is 4.81. The first-order chi connectivity index (χ1) is 6.95. The summed E-state index contributed by atoms with van der Waals surface area (Å²) in [5, 5.41) is 3.48. The fraction of sp³-hybridized carbons (Fsp3) is 1.00. The third-order valence-electron chi connectivity index (χ3n) is 3.51. The topological polar surface area (TPSA) is 12.0 Å². The van der Waals surface area contributed by atoms with Gasteiger partial charge in [0.2, 0.25) is 0 Å². The van der Waals surface area contributed by atoms with Gasteiger partial charge >= 0.3 is 0 Å². The molecule has 0 saturated carbocycles. The van der Waals surface area contributed by atoms with Crippen molar-refractivity contribution in [3.05, 3.63) is 0 Å². The zero-order valence-corrected chi connectivity index (χ0v) is 11.7. The fourth-order valence-electron chi connectivity index (χ4n) is 2.22. The van der Waals surface area contributed by atoms with E-state index < -0.39 is 0 Å². The quantitative estimate of drug-likeness (QED) is 0.667. The summed E-state index contributed by atoms with van der Waals surface area (Å²) in [7, 11) is 2.10. The zero-order chi connectivity index (χ0) is 11.9. The molecule has 0 heterocycles. The maximum absolute atomic E-state index is 3.48. The van der Waals surface area contributed by atoms with Crippen molar-refractivity contribution in [1.82, 2.24) is 5.32 Å². The molecule has 2 atom stereocenters. The van der Waals surface area contributed by atoms with Crippen molar-refractivity contribution in [2.45, 2.75) is 72.8 Å². The van der Waals surface area contributed by atoms with Crippen molar-refractivity contribution in [3.8, 4) is 0 Å². The van der Waals surface area contributed by atoms with Crippen molar-refractivity contribution in [2.75, 3.05) is 7.05 Å². The van der Waals surface area contributed by atoms with E-state index in [1.54, 1.807) is 0 Å². The molecule has 0 radical (unpaired) electrons. The third-order valence-corrected chi connectivity index (χ3v) is 3.51. The molecule has 0 aliphatic carbocycles. The Bertz CT molecular complexity index is 146. The highest BCUT2D eigenvalue weighted by atomic mass is 14.9. The average Bonchev–Trinajstić information content (AvgIpc) is 2.16. The van der Waals surface area contributed by atoms with Crippen molar-refractivity contribution in [2.24, 2.45) is 11.3 Å². The first-order valence-corrected chi connectivity index (χ1v) is 6.62. The molecule has 1 N–H and O–H groups in total. The minimum absolute atomic E-state index is 0.383. The van der Waals surface area contributed by atoms with Gasteiger partial charge < -0.3 is 5.32 Å². The molecule has 15 heavy (non-hydrogen) atoms. The smallest absolute Gasteiger partial charge is 0.0115 e. The molecule has 0 saturated heterocycles. The summed E-state index contributed by atoms with van der Waals surface area (Å²) in [6.45, 7) is 11.6. The maximum atomic E-state index is 3.48. The Kier molecular flexibility index (Phi) is 7.25. The molecular weight excluding hydrogens is 182 g/mol. The van der Waals surface area contributed by atoms with E-state index in [0.29, 0.717) is 11.5 Å². The standard InChI is InChI=1S/C14H31N/c1-7-9-10-12(8-2)11-13(15-6)14(3,4)5/h12-13,15H,7-11H2,1-6H3. The molecule has 0 bridgehead atoms. The normalized spacial score (nSPS) is 16.4. The monoisotopic (exact) mass is 213 g/mol. The van der Waals surface area contributed by atoms with Crippen LogP contribution in [0.3, 0.4) is 0 Å². The van der Waals surface area contributed by atoms with E-state index in [9.17, 15) is 0 Å². The van der Waals surface area contributed by atoms with Crippen LogP contribution in [0.5, 0.6) is 0 Å². The van der Waals surface area contributed by atoms with Gasteiger partial charge in [0.15, 0.2) is 0 Å². The van der Waals surface area contributed by atoms with Gasteiger partial charge in [-0.3, -0.25) is 0 Å². The minimum Gasteiger partial charge on any atom is -0.316 e. The van der Waals surface area contributed by atoms with Crippen LogP contribution < -0.4 is 5.32 Å². The number of rotatable bonds is 7. The highest BCUT2D eigenvalue weighted by Crippen LogP contribution is 2.27. The van der Waals surface area contributed by atoms with Gasteiger partial charge in [-0.2, -0.15) is 0 Å². The Hall–Kier alpha value is -0.0400. The second kappa shape index (κ2) is 7.27. The van der Waals surface area contributed by atoms with E-state index in [1.165, 1.54) is 32.1 Å². The Balaban J connectivity index is 4.12. The second-order valence-electron chi connectivity index (χ2n) is 5.86. The summed E-state index contributed by atoms with van der Waals surface area (Å²) in [4.78, 5) is 0. The SMILES string of the molecule is CCCCC(CC)CC(NC)C(C)(C)C. The van der Waals surface area contributed by atoms with Crippen LogP contribution >= 0.6 is 0 Å². The van der Waals surface area contributed by atoms with Crippen molar-refractivity contribution in [3.63, 3.8) is 0 Å². The molecule has 0 aliphatic heterocycles. The molecule has 2 unspecified atom stereocenters. The van der Waals surface area contributed by atoms with Crippen molar-refractivity contribution >= 4 is 0 Å². The summed E-state index contributed by atoms with van der Waals surface area (Å²) >= 11 is 0. The summed E-state index contributed by atoms with van der Waals surface area (Å²) in [6, 6.07) is 0.652. The Morgan fingerprint density at radius 3 is 2.07 bits per heavy atom. The predicted octanol–water partition coefficient (Wildman–Crippen LogP) is 4.23. The van der Waals surface area contributed by atoms with Gasteiger partial charge in [-0.1, -0.05) is 60.3 Å². The van der Waals surface area contributed by atoms with Gasteiger partial charge in [-0.05, 0) is 24.8 Å². The van der Waals surface area contributed by atoms with Crippen LogP contribution in [-0.4, -0.2) is 13.1 Å². The molecule has 0 rings (SSSR count). The summed E-state index contributed by atoms with van der Waals surface area (Å²) in [5.74, 6) is 0.904. The van der Waals surface area contributed by atoms with Gasteiger partial charge in [0.05, 0.1) is 0 Å². The third kappa shape index (κ3) is 6.19. The molecule has 0 aromatic carbocycles. The van der Waals surface area contributed by atoms with E-state index in [-0.39, 0.29) is 0 Å². The van der Waals surface area contributed by atoms with E-state index in [4.69, 9.17) is 0 Å². The molecule has 0 aromatic heterocycles. The molecule has 0 spiro atoms. The molecule has 92 valence electrons. The van der Waals surface area contributed by atoms with Gasteiger partial charge in [-0.25, -0.2) is 0 Å². The summed E-state index contributed by atoms with van der Waals surface area (Å²) < 4.78 is 0. The van der Waals surface area contributed by atoms with E-state index in [1.807, 2.05) is 0 Å². The van der Waals surface area contributed by atoms with E-state index in [0.717, 1.165) is 5.92 Å². The fourth-order valence-corrected chi connectivity index (χ4v) is 2.22. The molecule has 0 amide bonds.